The van der Waals surface area contributed by atoms with Crippen LogP contribution in [0.1, 0.15) is 25.0 Å². The summed E-state index contributed by atoms with van der Waals surface area (Å²) in [7, 11) is 0. The van der Waals surface area contributed by atoms with Gasteiger partial charge in [0.05, 0.1) is 16.1 Å². The minimum atomic E-state index is -0.683. The zero-order valence-corrected chi connectivity index (χ0v) is 11.9. The van der Waals surface area contributed by atoms with Gasteiger partial charge in [0.2, 0.25) is 0 Å². The lowest BCUT2D eigenvalue weighted by Crippen LogP contribution is -2.34. The predicted molar refractivity (Wildman–Crippen MR) is 77.6 cm³/mol. The third-order valence-electron chi connectivity index (χ3n) is 3.30. The van der Waals surface area contributed by atoms with Gasteiger partial charge in [-0.3, -0.25) is 5.32 Å². The summed E-state index contributed by atoms with van der Waals surface area (Å²) in [5, 5.41) is 13.7. The molecule has 2 heterocycles. The van der Waals surface area contributed by atoms with Crippen LogP contribution in [-0.2, 0) is 10.3 Å². The van der Waals surface area contributed by atoms with Crippen LogP contribution in [0.25, 0.3) is 10.4 Å². The number of nitrogens with zero attached hydrogens (tertiary/aromatic N) is 1. The minimum absolute atomic E-state index is 0.441. The molecule has 1 aliphatic rings. The smallest absolute Gasteiger partial charge is 0.412 e. The Morgan fingerprint density at radius 2 is 2.15 bits per heavy atom. The van der Waals surface area contributed by atoms with Gasteiger partial charge in [-0.25, -0.2) is 4.79 Å². The number of rotatable bonds is 1. The maximum absolute atomic E-state index is 11.5. The first-order valence-corrected chi connectivity index (χ1v) is 7.02. The maximum Gasteiger partial charge on any atom is 0.412 e. The number of hydrogen-bond acceptors (Lipinski definition) is 4. The van der Waals surface area contributed by atoms with E-state index in [2.05, 4.69) is 11.4 Å². The Kier molecular flexibility index (Phi) is 2.77. The molecule has 1 amide bonds. The van der Waals surface area contributed by atoms with Gasteiger partial charge < -0.3 is 4.74 Å². The van der Waals surface area contributed by atoms with Crippen molar-refractivity contribution in [3.8, 4) is 16.5 Å². The monoisotopic (exact) mass is 284 g/mol. The SMILES string of the molecule is CC1(C)OC(=O)Nc2ccc(-c3sccc3C#N)cc21. The fourth-order valence-corrected chi connectivity index (χ4v) is 3.18. The standard InChI is InChI=1S/C15H12N2O2S/c1-15(2)11-7-9(13-10(8-16)5-6-20-13)3-4-12(11)17-14(18)19-15/h3-7H,1-2H3,(H,17,18). The number of thiophene rings is 1. The fraction of sp³-hybridized carbons (Fsp3) is 0.200. The number of anilines is 1. The van der Waals surface area contributed by atoms with Crippen LogP contribution in [0.3, 0.4) is 0 Å². The van der Waals surface area contributed by atoms with Gasteiger partial charge in [0.1, 0.15) is 11.7 Å². The number of hydrogen-bond donors (Lipinski definition) is 1. The maximum atomic E-state index is 11.5. The number of benzene rings is 1. The molecule has 0 aliphatic carbocycles. The lowest BCUT2D eigenvalue weighted by molar-refractivity contribution is 0.0421. The van der Waals surface area contributed by atoms with Crippen molar-refractivity contribution in [2.75, 3.05) is 5.32 Å². The summed E-state index contributed by atoms with van der Waals surface area (Å²) < 4.78 is 5.32. The van der Waals surface area contributed by atoms with E-state index in [4.69, 9.17) is 10.00 Å². The lowest BCUT2D eigenvalue weighted by atomic mass is 9.92. The molecule has 1 aliphatic heterocycles. The van der Waals surface area contributed by atoms with E-state index in [1.165, 1.54) is 11.3 Å². The molecule has 0 atom stereocenters. The zero-order chi connectivity index (χ0) is 14.3. The van der Waals surface area contributed by atoms with Crippen molar-refractivity contribution >= 4 is 23.1 Å². The summed E-state index contributed by atoms with van der Waals surface area (Å²) in [5.41, 5.74) is 2.60. The number of carbonyl (C=O) groups excluding carboxylic acids is 1. The Balaban J connectivity index is 2.15. The Hall–Kier alpha value is -2.32. The lowest BCUT2D eigenvalue weighted by Gasteiger charge is -2.32. The molecule has 1 aromatic heterocycles. The molecule has 100 valence electrons. The molecule has 0 radical (unpaired) electrons. The number of cyclic esters (lactones) is 1. The van der Waals surface area contributed by atoms with Gasteiger partial charge in [-0.05, 0) is 43.0 Å². The van der Waals surface area contributed by atoms with Gasteiger partial charge in [-0.15, -0.1) is 11.3 Å². The number of fused-ring (bicyclic) bond motifs is 1. The Morgan fingerprint density at radius 1 is 1.35 bits per heavy atom. The summed E-state index contributed by atoms with van der Waals surface area (Å²) in [5.74, 6) is 0. The van der Waals surface area contributed by atoms with E-state index in [0.29, 0.717) is 5.56 Å². The highest BCUT2D eigenvalue weighted by atomic mass is 32.1. The molecule has 0 saturated heterocycles. The van der Waals surface area contributed by atoms with Crippen LogP contribution in [0.5, 0.6) is 0 Å². The molecular formula is C15H12N2O2S. The Bertz CT molecular complexity index is 741. The van der Waals surface area contributed by atoms with E-state index in [9.17, 15) is 4.79 Å². The molecule has 3 rings (SSSR count). The molecule has 0 fully saturated rings. The van der Waals surface area contributed by atoms with Crippen LogP contribution in [0.4, 0.5) is 10.5 Å². The molecule has 0 unspecified atom stereocenters. The molecule has 0 bridgehead atoms. The molecule has 2 aromatic rings. The first kappa shape index (κ1) is 12.7. The number of ether oxygens (including phenoxy) is 1. The largest absolute Gasteiger partial charge is 0.438 e. The Morgan fingerprint density at radius 3 is 2.90 bits per heavy atom. The van der Waals surface area contributed by atoms with Crippen molar-refractivity contribution in [2.45, 2.75) is 19.4 Å². The van der Waals surface area contributed by atoms with Gasteiger partial charge in [-0.1, -0.05) is 6.07 Å². The molecule has 5 heteroatoms. The van der Waals surface area contributed by atoms with Gasteiger partial charge in [0.15, 0.2) is 0 Å². The minimum Gasteiger partial charge on any atom is -0.438 e. The zero-order valence-electron chi connectivity index (χ0n) is 11.1. The first-order valence-electron chi connectivity index (χ1n) is 6.14. The second-order valence-corrected chi connectivity index (χ2v) is 5.98. The second kappa shape index (κ2) is 4.36. The highest BCUT2D eigenvalue weighted by Crippen LogP contribution is 2.39. The van der Waals surface area contributed by atoms with Crippen molar-refractivity contribution in [3.63, 3.8) is 0 Å². The summed E-state index contributed by atoms with van der Waals surface area (Å²) in [6, 6.07) is 9.74. The molecule has 1 N–H and O–H groups in total. The Labute approximate surface area is 120 Å². The van der Waals surface area contributed by atoms with Crippen LogP contribution in [0.15, 0.2) is 29.6 Å². The summed E-state index contributed by atoms with van der Waals surface area (Å²) in [4.78, 5) is 12.4. The molecule has 0 spiro atoms. The topological polar surface area (TPSA) is 62.1 Å². The van der Waals surface area contributed by atoms with Crippen molar-refractivity contribution < 1.29 is 9.53 Å². The molecule has 0 saturated carbocycles. The van der Waals surface area contributed by atoms with Crippen molar-refractivity contribution in [1.82, 2.24) is 0 Å². The third kappa shape index (κ3) is 1.95. The first-order chi connectivity index (χ1) is 9.51. The third-order valence-corrected chi connectivity index (χ3v) is 4.26. The van der Waals surface area contributed by atoms with E-state index < -0.39 is 11.7 Å². The highest BCUT2D eigenvalue weighted by Gasteiger charge is 2.33. The predicted octanol–water partition coefficient (Wildman–Crippen LogP) is 4.08. The van der Waals surface area contributed by atoms with Gasteiger partial charge >= 0.3 is 6.09 Å². The molecule has 4 nitrogen and oxygen atoms in total. The van der Waals surface area contributed by atoms with Crippen molar-refractivity contribution in [1.29, 1.82) is 5.26 Å². The van der Waals surface area contributed by atoms with Crippen LogP contribution < -0.4 is 5.32 Å². The van der Waals surface area contributed by atoms with Crippen LogP contribution in [-0.4, -0.2) is 6.09 Å². The van der Waals surface area contributed by atoms with Crippen molar-refractivity contribution in [3.05, 3.63) is 40.8 Å². The number of nitriles is 1. The summed E-state index contributed by atoms with van der Waals surface area (Å²) in [6.45, 7) is 3.71. The average Bonchev–Trinajstić information content (AvgIpc) is 2.85. The van der Waals surface area contributed by atoms with Crippen LogP contribution >= 0.6 is 11.3 Å². The molecule has 20 heavy (non-hydrogen) atoms. The van der Waals surface area contributed by atoms with Crippen LogP contribution in [0.2, 0.25) is 0 Å². The fourth-order valence-electron chi connectivity index (χ4n) is 2.34. The van der Waals surface area contributed by atoms with E-state index in [1.807, 2.05) is 43.5 Å². The molecular weight excluding hydrogens is 272 g/mol. The van der Waals surface area contributed by atoms with E-state index >= 15 is 0 Å². The van der Waals surface area contributed by atoms with Crippen LogP contribution in [0, 0.1) is 11.3 Å². The number of amides is 1. The highest BCUT2D eigenvalue weighted by molar-refractivity contribution is 7.13. The second-order valence-electron chi connectivity index (χ2n) is 5.06. The van der Waals surface area contributed by atoms with E-state index in [-0.39, 0.29) is 0 Å². The van der Waals surface area contributed by atoms with Gasteiger partial charge in [-0.2, -0.15) is 5.26 Å². The quantitative estimate of drug-likeness (QED) is 0.858. The average molecular weight is 284 g/mol. The van der Waals surface area contributed by atoms with E-state index in [0.717, 1.165) is 21.7 Å². The number of carbonyl (C=O) groups is 1. The van der Waals surface area contributed by atoms with Gasteiger partial charge in [0.25, 0.3) is 0 Å². The normalized spacial score (nSPS) is 15.8. The molecule has 1 aromatic carbocycles. The van der Waals surface area contributed by atoms with Crippen molar-refractivity contribution in [2.24, 2.45) is 0 Å². The number of nitrogens with one attached hydrogen (secondary N) is 1. The van der Waals surface area contributed by atoms with Gasteiger partial charge in [0, 0.05) is 5.56 Å². The summed E-state index contributed by atoms with van der Waals surface area (Å²) >= 11 is 1.53. The van der Waals surface area contributed by atoms with E-state index in [1.54, 1.807) is 0 Å². The summed E-state index contributed by atoms with van der Waals surface area (Å²) in [6.07, 6.45) is -0.441.